The third-order valence-corrected chi connectivity index (χ3v) is 5.23. The van der Waals surface area contributed by atoms with E-state index in [0.29, 0.717) is 6.04 Å². The molecule has 1 atom stereocenters. The monoisotopic (exact) mass is 272 g/mol. The van der Waals surface area contributed by atoms with Gasteiger partial charge in [-0.25, -0.2) is 0 Å². The summed E-state index contributed by atoms with van der Waals surface area (Å²) >= 11 is 0. The summed E-state index contributed by atoms with van der Waals surface area (Å²) < 4.78 is 0. The molecular formula is C18H28N2. The molecule has 110 valence electrons. The molecule has 1 fully saturated rings. The van der Waals surface area contributed by atoms with Gasteiger partial charge in [-0.05, 0) is 55.7 Å². The molecule has 1 aliphatic heterocycles. The van der Waals surface area contributed by atoms with Crippen molar-refractivity contribution in [2.75, 3.05) is 18.5 Å². The van der Waals surface area contributed by atoms with Crippen LogP contribution in [-0.4, -0.2) is 19.6 Å². The van der Waals surface area contributed by atoms with Gasteiger partial charge in [0.1, 0.15) is 0 Å². The second kappa shape index (κ2) is 6.17. The van der Waals surface area contributed by atoms with Crippen molar-refractivity contribution in [3.8, 4) is 0 Å². The highest BCUT2D eigenvalue weighted by Gasteiger charge is 2.21. The second-order valence-electron chi connectivity index (χ2n) is 6.70. The van der Waals surface area contributed by atoms with Crippen LogP contribution in [-0.2, 0) is 13.0 Å². The van der Waals surface area contributed by atoms with Gasteiger partial charge in [0.2, 0.25) is 0 Å². The van der Waals surface area contributed by atoms with E-state index in [0.717, 1.165) is 12.5 Å². The van der Waals surface area contributed by atoms with Crippen LogP contribution >= 0.6 is 0 Å². The first-order valence-corrected chi connectivity index (χ1v) is 8.30. The average Bonchev–Trinajstić information content (AvgIpc) is 2.99. The Morgan fingerprint density at radius 3 is 2.85 bits per heavy atom. The third-order valence-electron chi connectivity index (χ3n) is 5.23. The fourth-order valence-corrected chi connectivity index (χ4v) is 3.85. The van der Waals surface area contributed by atoms with Crippen LogP contribution < -0.4 is 10.2 Å². The van der Waals surface area contributed by atoms with Gasteiger partial charge in [0.15, 0.2) is 0 Å². The van der Waals surface area contributed by atoms with E-state index in [9.17, 15) is 0 Å². The number of hydrogen-bond donors (Lipinski definition) is 1. The summed E-state index contributed by atoms with van der Waals surface area (Å²) in [6.07, 6.45) is 8.24. The minimum Gasteiger partial charge on any atom is -0.374 e. The van der Waals surface area contributed by atoms with E-state index in [1.807, 2.05) is 0 Å². The van der Waals surface area contributed by atoms with E-state index in [4.69, 9.17) is 0 Å². The Morgan fingerprint density at radius 2 is 2.05 bits per heavy atom. The topological polar surface area (TPSA) is 15.3 Å². The number of hydrogen-bond acceptors (Lipinski definition) is 2. The third kappa shape index (κ3) is 3.01. The van der Waals surface area contributed by atoms with Crippen LogP contribution in [0.4, 0.5) is 5.69 Å². The molecule has 0 spiro atoms. The number of nitrogens with one attached hydrogen (secondary N) is 1. The van der Waals surface area contributed by atoms with Crippen molar-refractivity contribution in [3.05, 3.63) is 29.3 Å². The van der Waals surface area contributed by atoms with Gasteiger partial charge >= 0.3 is 0 Å². The van der Waals surface area contributed by atoms with Crippen LogP contribution in [0.5, 0.6) is 0 Å². The summed E-state index contributed by atoms with van der Waals surface area (Å²) in [5.74, 6) is 0.902. The molecule has 0 unspecified atom stereocenters. The van der Waals surface area contributed by atoms with Gasteiger partial charge in [-0.1, -0.05) is 25.0 Å². The van der Waals surface area contributed by atoms with Crippen molar-refractivity contribution >= 4 is 5.69 Å². The minimum absolute atomic E-state index is 0.663. The van der Waals surface area contributed by atoms with Gasteiger partial charge in [-0.3, -0.25) is 0 Å². The van der Waals surface area contributed by atoms with Crippen LogP contribution in [0.25, 0.3) is 0 Å². The van der Waals surface area contributed by atoms with E-state index >= 15 is 0 Å². The van der Waals surface area contributed by atoms with Crippen molar-refractivity contribution in [1.82, 2.24) is 5.32 Å². The Hall–Kier alpha value is -1.02. The second-order valence-corrected chi connectivity index (χ2v) is 6.70. The van der Waals surface area contributed by atoms with E-state index in [-0.39, 0.29) is 0 Å². The molecular weight excluding hydrogens is 244 g/mol. The van der Waals surface area contributed by atoms with E-state index < -0.39 is 0 Å². The van der Waals surface area contributed by atoms with Gasteiger partial charge in [-0.2, -0.15) is 0 Å². The van der Waals surface area contributed by atoms with Gasteiger partial charge in [0.05, 0.1) is 0 Å². The highest BCUT2D eigenvalue weighted by Crippen LogP contribution is 2.29. The number of anilines is 1. The first-order chi connectivity index (χ1) is 9.74. The number of rotatable bonds is 4. The average molecular weight is 272 g/mol. The summed E-state index contributed by atoms with van der Waals surface area (Å²) in [4.78, 5) is 2.39. The predicted octanol–water partition coefficient (Wildman–Crippen LogP) is 3.74. The number of aryl methyl sites for hydroxylation is 1. The summed E-state index contributed by atoms with van der Waals surface area (Å²) in [6.45, 7) is 4.58. The zero-order valence-electron chi connectivity index (χ0n) is 13.0. The number of nitrogens with zero attached hydrogens (tertiary/aromatic N) is 1. The summed E-state index contributed by atoms with van der Waals surface area (Å²) in [5, 5.41) is 3.75. The maximum absolute atomic E-state index is 3.75. The molecule has 0 saturated heterocycles. The normalized spacial score (nSPS) is 21.0. The fourth-order valence-electron chi connectivity index (χ4n) is 3.85. The fraction of sp³-hybridized carbons (Fsp3) is 0.667. The lowest BCUT2D eigenvalue weighted by Gasteiger charge is -2.28. The Labute approximate surface area is 123 Å². The smallest absolute Gasteiger partial charge is 0.0396 e. The zero-order valence-corrected chi connectivity index (χ0v) is 13.0. The molecule has 1 aliphatic carbocycles. The van der Waals surface area contributed by atoms with Crippen LogP contribution in [0, 0.1) is 5.92 Å². The highest BCUT2D eigenvalue weighted by molar-refractivity contribution is 5.56. The van der Waals surface area contributed by atoms with Crippen LogP contribution in [0.2, 0.25) is 0 Å². The molecule has 2 heteroatoms. The predicted molar refractivity (Wildman–Crippen MR) is 86.3 cm³/mol. The Balaban J connectivity index is 1.60. The van der Waals surface area contributed by atoms with Crippen LogP contribution in [0.1, 0.15) is 50.2 Å². The standard InChI is InChI=1S/C18H28N2/c1-14(16-6-3-4-7-16)19-13-15-9-10-18-17(12-15)8-5-11-20(18)2/h9-10,12,14,16,19H,3-8,11,13H2,1-2H3/t14-/m0/s1. The lowest BCUT2D eigenvalue weighted by Crippen LogP contribution is -2.32. The van der Waals surface area contributed by atoms with Gasteiger partial charge in [0.25, 0.3) is 0 Å². The highest BCUT2D eigenvalue weighted by atomic mass is 15.1. The molecule has 2 aliphatic rings. The van der Waals surface area contributed by atoms with Crippen molar-refractivity contribution in [3.63, 3.8) is 0 Å². The zero-order chi connectivity index (χ0) is 13.9. The van der Waals surface area contributed by atoms with E-state index in [1.54, 1.807) is 0 Å². The molecule has 0 aromatic heterocycles. The molecule has 2 nitrogen and oxygen atoms in total. The van der Waals surface area contributed by atoms with Crippen molar-refractivity contribution < 1.29 is 0 Å². The van der Waals surface area contributed by atoms with Crippen molar-refractivity contribution in [2.45, 2.75) is 58.0 Å². The summed E-state index contributed by atoms with van der Waals surface area (Å²) in [6, 6.07) is 7.69. The molecule has 1 aromatic rings. The van der Waals surface area contributed by atoms with Crippen molar-refractivity contribution in [1.29, 1.82) is 0 Å². The number of fused-ring (bicyclic) bond motifs is 1. The molecule has 1 N–H and O–H groups in total. The Morgan fingerprint density at radius 1 is 1.25 bits per heavy atom. The molecule has 1 saturated carbocycles. The van der Waals surface area contributed by atoms with Crippen LogP contribution in [0.15, 0.2) is 18.2 Å². The largest absolute Gasteiger partial charge is 0.374 e. The first-order valence-electron chi connectivity index (χ1n) is 8.30. The van der Waals surface area contributed by atoms with Gasteiger partial charge in [-0.15, -0.1) is 0 Å². The molecule has 1 heterocycles. The molecule has 0 bridgehead atoms. The quantitative estimate of drug-likeness (QED) is 0.898. The lowest BCUT2D eigenvalue weighted by molar-refractivity contribution is 0.380. The Bertz CT molecular complexity index is 449. The maximum atomic E-state index is 3.75. The Kier molecular flexibility index (Phi) is 4.30. The van der Waals surface area contributed by atoms with Gasteiger partial charge in [0, 0.05) is 31.9 Å². The molecule has 20 heavy (non-hydrogen) atoms. The van der Waals surface area contributed by atoms with E-state index in [2.05, 4.69) is 42.4 Å². The summed E-state index contributed by atoms with van der Waals surface area (Å²) in [7, 11) is 2.21. The first kappa shape index (κ1) is 13.9. The SMILES string of the molecule is C[C@H](NCc1ccc2c(c1)CCCN2C)C1CCCC1. The lowest BCUT2D eigenvalue weighted by atomic mass is 9.98. The minimum atomic E-state index is 0.663. The molecule has 3 rings (SSSR count). The maximum Gasteiger partial charge on any atom is 0.0396 e. The molecule has 1 aromatic carbocycles. The van der Waals surface area contributed by atoms with E-state index in [1.165, 1.54) is 61.9 Å². The molecule has 0 amide bonds. The van der Waals surface area contributed by atoms with Crippen molar-refractivity contribution in [2.24, 2.45) is 5.92 Å². The summed E-state index contributed by atoms with van der Waals surface area (Å²) in [5.41, 5.74) is 4.42. The number of benzene rings is 1. The molecule has 0 radical (unpaired) electrons. The van der Waals surface area contributed by atoms with Gasteiger partial charge < -0.3 is 10.2 Å². The van der Waals surface area contributed by atoms with Crippen LogP contribution in [0.3, 0.4) is 0 Å².